The number of likely N-dealkylation sites (N-methyl/N-ethyl adjacent to an activating group) is 1. The molecule has 10 heteroatoms. The van der Waals surface area contributed by atoms with Crippen LogP contribution in [-0.4, -0.2) is 74.9 Å². The number of ether oxygens (including phenoxy) is 2. The Morgan fingerprint density at radius 1 is 0.853 bits per heavy atom. The molecule has 0 spiro atoms. The fourth-order valence-corrected chi connectivity index (χ4v) is 3.93. The lowest BCUT2D eigenvalue weighted by Crippen LogP contribution is -2.37. The van der Waals surface area contributed by atoms with E-state index in [1.807, 2.05) is 41.9 Å². The maximum atomic E-state index is 12.7. The summed E-state index contributed by atoms with van der Waals surface area (Å²) < 4.78 is 34.0. The number of phosphoric ester groups is 1. The lowest BCUT2D eigenvalue weighted by molar-refractivity contribution is -0.870. The average Bonchev–Trinajstić information content (AvgIpc) is 2.75. The van der Waals surface area contributed by atoms with Gasteiger partial charge in [-0.05, 0) is 25.7 Å². The number of carbonyl (C=O) groups excluding carboxylic acids is 2. The zero-order chi connectivity index (χ0) is 26.2. The Kier molecular flexibility index (Phi) is 16.9. The van der Waals surface area contributed by atoms with Crippen molar-refractivity contribution in [3.05, 3.63) is 0 Å². The number of rotatable bonds is 20. The number of carbonyl (C=O) groups is 2. The highest BCUT2D eigenvalue weighted by atomic mass is 31.2. The van der Waals surface area contributed by atoms with E-state index in [4.69, 9.17) is 18.5 Å². The van der Waals surface area contributed by atoms with E-state index in [1.54, 1.807) is 0 Å². The molecule has 0 aromatic carbocycles. The molecule has 0 bridgehead atoms. The third-order valence-corrected chi connectivity index (χ3v) is 6.58. The molecule has 9 nitrogen and oxygen atoms in total. The van der Waals surface area contributed by atoms with Crippen LogP contribution in [0.5, 0.6) is 0 Å². The Bertz CT molecular complexity index is 623. The van der Waals surface area contributed by atoms with E-state index in [9.17, 15) is 19.0 Å². The van der Waals surface area contributed by atoms with Crippen molar-refractivity contribution >= 4 is 19.8 Å². The third kappa shape index (κ3) is 15.8. The highest BCUT2D eigenvalue weighted by Crippen LogP contribution is 2.43. The van der Waals surface area contributed by atoms with Gasteiger partial charge in [-0.1, -0.05) is 53.4 Å². The van der Waals surface area contributed by atoms with Crippen LogP contribution in [0.15, 0.2) is 0 Å². The maximum absolute atomic E-state index is 12.7. The van der Waals surface area contributed by atoms with E-state index in [-0.39, 0.29) is 31.0 Å². The van der Waals surface area contributed by atoms with Crippen LogP contribution in [0.4, 0.5) is 0 Å². The summed E-state index contributed by atoms with van der Waals surface area (Å²) in [7, 11) is 1.45. The Labute approximate surface area is 206 Å². The van der Waals surface area contributed by atoms with E-state index in [1.165, 1.54) is 0 Å². The quantitative estimate of drug-likeness (QED) is 0.142. The molecule has 0 fully saturated rings. The molecule has 0 aliphatic heterocycles. The van der Waals surface area contributed by atoms with Crippen LogP contribution in [0, 0.1) is 11.8 Å². The first kappa shape index (κ1) is 33.0. The summed E-state index contributed by atoms with van der Waals surface area (Å²) >= 11 is 0. The summed E-state index contributed by atoms with van der Waals surface area (Å²) in [6, 6.07) is 0. The van der Waals surface area contributed by atoms with Gasteiger partial charge in [0.25, 0.3) is 0 Å². The summed E-state index contributed by atoms with van der Waals surface area (Å²) in [4.78, 5) is 35.2. The summed E-state index contributed by atoms with van der Waals surface area (Å²) in [5.74, 6) is -1.29. The lowest BCUT2D eigenvalue weighted by atomic mass is 9.99. The van der Waals surface area contributed by atoms with Crippen LogP contribution in [0.1, 0.15) is 79.1 Å². The van der Waals surface area contributed by atoms with Crippen LogP contribution >= 0.6 is 7.82 Å². The Hall–Kier alpha value is -0.990. The number of esters is 2. The zero-order valence-electron chi connectivity index (χ0n) is 22.4. The molecule has 34 heavy (non-hydrogen) atoms. The van der Waals surface area contributed by atoms with Crippen LogP contribution < -0.4 is 0 Å². The maximum Gasteiger partial charge on any atom is 0.472 e. The average molecular weight is 511 g/mol. The molecule has 0 saturated carbocycles. The Balaban J connectivity index is 5.12. The lowest BCUT2D eigenvalue weighted by Gasteiger charge is -2.25. The number of nitrogens with zero attached hydrogens (tertiary/aromatic N) is 1. The highest BCUT2D eigenvalue weighted by molar-refractivity contribution is 7.47. The minimum atomic E-state index is -4.35. The van der Waals surface area contributed by atoms with Gasteiger partial charge in [0.2, 0.25) is 0 Å². The largest absolute Gasteiger partial charge is 0.472 e. The number of hydrogen-bond acceptors (Lipinski definition) is 7. The van der Waals surface area contributed by atoms with Crippen LogP contribution in [-0.2, 0) is 32.7 Å². The topological polar surface area (TPSA) is 108 Å². The van der Waals surface area contributed by atoms with Gasteiger partial charge in [0.15, 0.2) is 6.10 Å². The van der Waals surface area contributed by atoms with E-state index in [2.05, 4.69) is 6.92 Å². The van der Waals surface area contributed by atoms with Crippen LogP contribution in [0.25, 0.3) is 0 Å². The number of unbranched alkanes of at least 4 members (excludes halogenated alkanes) is 2. The van der Waals surface area contributed by atoms with Gasteiger partial charge in [0, 0.05) is 0 Å². The van der Waals surface area contributed by atoms with Gasteiger partial charge in [-0.3, -0.25) is 18.6 Å². The van der Waals surface area contributed by atoms with Gasteiger partial charge in [-0.25, -0.2) is 4.57 Å². The first-order valence-electron chi connectivity index (χ1n) is 12.7. The van der Waals surface area contributed by atoms with E-state index in [0.29, 0.717) is 30.3 Å². The molecule has 0 radical (unpaired) electrons. The van der Waals surface area contributed by atoms with Crippen molar-refractivity contribution in [2.45, 2.75) is 85.2 Å². The van der Waals surface area contributed by atoms with Crippen molar-refractivity contribution in [2.75, 3.05) is 47.5 Å². The molecule has 0 aromatic rings. The standard InChI is InChI=1S/C24H48NO8P/c1-8-12-14-20(10-3)23(26)30-18-22(33-24(27)21(11-4)15-13-9-2)19-32-34(28,29)31-17-16-25(5,6)7/h20-22H,8-19H2,1-7H3/p+1. The van der Waals surface area contributed by atoms with Gasteiger partial charge in [-0.2, -0.15) is 0 Å². The normalized spacial score (nSPS) is 16.4. The molecule has 4 atom stereocenters. The predicted molar refractivity (Wildman–Crippen MR) is 132 cm³/mol. The van der Waals surface area contributed by atoms with E-state index >= 15 is 0 Å². The Morgan fingerprint density at radius 2 is 1.38 bits per heavy atom. The zero-order valence-corrected chi connectivity index (χ0v) is 23.3. The van der Waals surface area contributed by atoms with Crippen molar-refractivity contribution in [1.29, 1.82) is 0 Å². The second-order valence-corrected chi connectivity index (χ2v) is 11.2. The van der Waals surface area contributed by atoms with Crippen molar-refractivity contribution < 1.29 is 42.1 Å². The molecule has 0 aliphatic rings. The van der Waals surface area contributed by atoms with Gasteiger partial charge >= 0.3 is 19.8 Å². The van der Waals surface area contributed by atoms with Gasteiger partial charge in [0.05, 0.1) is 39.6 Å². The fourth-order valence-electron chi connectivity index (χ4n) is 3.19. The fraction of sp³-hybridized carbons (Fsp3) is 0.917. The minimum absolute atomic E-state index is 0.0290. The smallest absolute Gasteiger partial charge is 0.461 e. The third-order valence-electron chi connectivity index (χ3n) is 5.60. The second kappa shape index (κ2) is 17.4. The summed E-state index contributed by atoms with van der Waals surface area (Å²) in [6.07, 6.45) is 5.45. The number of hydrogen-bond donors (Lipinski definition) is 1. The molecule has 0 amide bonds. The summed E-state index contributed by atoms with van der Waals surface area (Å²) in [5.41, 5.74) is 0. The van der Waals surface area contributed by atoms with E-state index < -0.39 is 26.5 Å². The molecular formula is C24H49NO8P+. The molecule has 1 N–H and O–H groups in total. The minimum Gasteiger partial charge on any atom is -0.461 e. The second-order valence-electron chi connectivity index (χ2n) is 9.80. The van der Waals surface area contributed by atoms with Gasteiger partial charge in [0.1, 0.15) is 19.8 Å². The number of phosphoric acid groups is 1. The highest BCUT2D eigenvalue weighted by Gasteiger charge is 2.29. The van der Waals surface area contributed by atoms with Crippen molar-refractivity contribution in [2.24, 2.45) is 11.8 Å². The molecular weight excluding hydrogens is 461 g/mol. The first-order valence-corrected chi connectivity index (χ1v) is 14.2. The van der Waals surface area contributed by atoms with E-state index in [0.717, 1.165) is 32.1 Å². The molecule has 0 rings (SSSR count). The molecule has 0 saturated heterocycles. The SMILES string of the molecule is CCCCC(CC)C(=O)OCC(COP(=O)(O)OCC[N+](C)(C)C)OC(=O)C(CC)CCCC. The summed E-state index contributed by atoms with van der Waals surface area (Å²) in [5, 5.41) is 0. The van der Waals surface area contributed by atoms with Crippen molar-refractivity contribution in [3.8, 4) is 0 Å². The van der Waals surface area contributed by atoms with Crippen LogP contribution in [0.2, 0.25) is 0 Å². The van der Waals surface area contributed by atoms with Crippen LogP contribution in [0.3, 0.4) is 0 Å². The molecule has 202 valence electrons. The van der Waals surface area contributed by atoms with Gasteiger partial charge < -0.3 is 18.9 Å². The van der Waals surface area contributed by atoms with Crippen molar-refractivity contribution in [1.82, 2.24) is 0 Å². The van der Waals surface area contributed by atoms with Gasteiger partial charge in [-0.15, -0.1) is 0 Å². The first-order chi connectivity index (χ1) is 15.9. The molecule has 4 unspecified atom stereocenters. The number of quaternary nitrogens is 1. The molecule has 0 aromatic heterocycles. The molecule has 0 aliphatic carbocycles. The molecule has 0 heterocycles. The van der Waals surface area contributed by atoms with Crippen molar-refractivity contribution in [3.63, 3.8) is 0 Å². The summed E-state index contributed by atoms with van der Waals surface area (Å²) in [6.45, 7) is 7.84. The monoisotopic (exact) mass is 510 g/mol. The predicted octanol–water partition coefficient (Wildman–Crippen LogP) is 4.71. The Morgan fingerprint density at radius 3 is 1.85 bits per heavy atom.